The largest absolute Gasteiger partial charge is 0.462 e. The second-order valence-corrected chi connectivity index (χ2v) is 13.3. The minimum Gasteiger partial charge on any atom is -0.462 e. The van der Waals surface area contributed by atoms with E-state index in [4.69, 9.17) is 18.9 Å². The van der Waals surface area contributed by atoms with Crippen LogP contribution in [0.1, 0.15) is 101 Å². The number of ether oxygens (including phenoxy) is 4. The van der Waals surface area contributed by atoms with E-state index in [1.165, 1.54) is 13.8 Å². The zero-order valence-corrected chi connectivity index (χ0v) is 26.2. The summed E-state index contributed by atoms with van der Waals surface area (Å²) in [6.07, 6.45) is 0.283. The first-order valence-corrected chi connectivity index (χ1v) is 15.2. The second kappa shape index (κ2) is 12.8. The molecule has 3 rings (SSSR count). The Hall–Kier alpha value is -2.42. The number of aliphatic hydroxyl groups excluding tert-OH is 1. The highest BCUT2D eigenvalue weighted by molar-refractivity contribution is 5.70. The monoisotopic (exact) mass is 578 g/mol. The molecule has 2 saturated carbocycles. The quantitative estimate of drug-likeness (QED) is 0.230. The summed E-state index contributed by atoms with van der Waals surface area (Å²) in [5.74, 6) is -2.14. The maximum atomic E-state index is 13.0. The van der Waals surface area contributed by atoms with E-state index in [2.05, 4.69) is 20.8 Å². The van der Waals surface area contributed by atoms with Gasteiger partial charge in [-0.2, -0.15) is 0 Å². The van der Waals surface area contributed by atoms with Crippen molar-refractivity contribution in [3.63, 3.8) is 0 Å². The number of carbonyl (C=O) groups excluding carboxylic acids is 4. The van der Waals surface area contributed by atoms with Crippen LogP contribution < -0.4 is 0 Å². The third kappa shape index (κ3) is 6.50. The lowest BCUT2D eigenvalue weighted by Gasteiger charge is -2.57. The van der Waals surface area contributed by atoms with Gasteiger partial charge < -0.3 is 24.1 Å². The first-order valence-electron chi connectivity index (χ1n) is 15.2. The number of rotatable bonds is 9. The Kier molecular flexibility index (Phi) is 10.4. The number of fused-ring (bicyclic) bond motifs is 3. The highest BCUT2D eigenvalue weighted by Crippen LogP contribution is 2.67. The van der Waals surface area contributed by atoms with E-state index >= 15 is 0 Å². The molecular formula is C32H50O9. The molecule has 41 heavy (non-hydrogen) atoms. The van der Waals surface area contributed by atoms with E-state index in [0.29, 0.717) is 37.7 Å². The summed E-state index contributed by atoms with van der Waals surface area (Å²) in [4.78, 5) is 50.5. The first-order chi connectivity index (χ1) is 19.1. The molecule has 0 unspecified atom stereocenters. The molecule has 0 aliphatic heterocycles. The molecule has 9 heteroatoms. The van der Waals surface area contributed by atoms with Crippen LogP contribution in [0.5, 0.6) is 0 Å². The average molecular weight is 579 g/mol. The van der Waals surface area contributed by atoms with Gasteiger partial charge in [-0.05, 0) is 55.9 Å². The Morgan fingerprint density at radius 2 is 1.46 bits per heavy atom. The zero-order chi connectivity index (χ0) is 30.9. The summed E-state index contributed by atoms with van der Waals surface area (Å²) in [6, 6.07) is 0. The number of aliphatic hydroxyl groups is 1. The van der Waals surface area contributed by atoms with Crippen molar-refractivity contribution < 1.29 is 43.2 Å². The molecule has 3 aliphatic carbocycles. The Morgan fingerprint density at radius 3 is 1.98 bits per heavy atom. The molecule has 232 valence electrons. The molecule has 1 N–H and O–H groups in total. The molecular weight excluding hydrogens is 528 g/mol. The van der Waals surface area contributed by atoms with E-state index in [1.54, 1.807) is 6.92 Å². The lowest BCUT2D eigenvalue weighted by Crippen LogP contribution is -2.61. The predicted octanol–water partition coefficient (Wildman–Crippen LogP) is 4.92. The molecule has 2 fully saturated rings. The Balaban J connectivity index is 2.26. The van der Waals surface area contributed by atoms with E-state index in [1.807, 2.05) is 26.8 Å². The fraction of sp³-hybridized carbons (Fsp3) is 0.812. The van der Waals surface area contributed by atoms with E-state index in [-0.39, 0.29) is 36.1 Å². The van der Waals surface area contributed by atoms with Gasteiger partial charge in [-0.25, -0.2) is 0 Å². The van der Waals surface area contributed by atoms with Crippen molar-refractivity contribution in [2.45, 2.75) is 131 Å². The second-order valence-electron chi connectivity index (χ2n) is 13.3. The molecule has 10 atom stereocenters. The van der Waals surface area contributed by atoms with Crippen LogP contribution in [0.3, 0.4) is 0 Å². The molecule has 0 radical (unpaired) electrons. The fourth-order valence-corrected chi connectivity index (χ4v) is 8.03. The van der Waals surface area contributed by atoms with Crippen molar-refractivity contribution >= 4 is 23.9 Å². The smallest absolute Gasteiger partial charge is 0.306 e. The van der Waals surface area contributed by atoms with Gasteiger partial charge in [-0.1, -0.05) is 47.6 Å². The summed E-state index contributed by atoms with van der Waals surface area (Å²) in [5, 5.41) is 11.5. The Bertz CT molecular complexity index is 1030. The van der Waals surface area contributed by atoms with Gasteiger partial charge in [-0.3, -0.25) is 19.2 Å². The van der Waals surface area contributed by atoms with Crippen LogP contribution in [0, 0.1) is 34.5 Å². The van der Waals surface area contributed by atoms with E-state index in [9.17, 15) is 24.3 Å². The predicted molar refractivity (Wildman–Crippen MR) is 151 cm³/mol. The maximum absolute atomic E-state index is 13.0. The van der Waals surface area contributed by atoms with Crippen molar-refractivity contribution in [3.8, 4) is 0 Å². The maximum Gasteiger partial charge on any atom is 0.306 e. The normalized spacial score (nSPS) is 38.2. The van der Waals surface area contributed by atoms with Gasteiger partial charge in [0.1, 0.15) is 24.4 Å². The molecule has 0 spiro atoms. The topological polar surface area (TPSA) is 125 Å². The molecule has 9 nitrogen and oxygen atoms in total. The molecule has 0 heterocycles. The van der Waals surface area contributed by atoms with Gasteiger partial charge >= 0.3 is 23.9 Å². The number of hydrogen-bond acceptors (Lipinski definition) is 9. The summed E-state index contributed by atoms with van der Waals surface area (Å²) in [7, 11) is 0. The molecule has 0 aromatic carbocycles. The van der Waals surface area contributed by atoms with Crippen LogP contribution in [0.25, 0.3) is 0 Å². The minimum absolute atomic E-state index is 0.0954. The molecule has 0 aromatic rings. The van der Waals surface area contributed by atoms with Crippen LogP contribution in [0.15, 0.2) is 11.6 Å². The first kappa shape index (κ1) is 33.1. The van der Waals surface area contributed by atoms with Crippen LogP contribution in [-0.2, 0) is 38.1 Å². The van der Waals surface area contributed by atoms with Gasteiger partial charge in [0.2, 0.25) is 0 Å². The molecule has 0 aromatic heterocycles. The molecule has 0 amide bonds. The van der Waals surface area contributed by atoms with Crippen molar-refractivity contribution in [2.75, 3.05) is 0 Å². The van der Waals surface area contributed by atoms with Crippen molar-refractivity contribution in [2.24, 2.45) is 34.5 Å². The summed E-state index contributed by atoms with van der Waals surface area (Å²) in [6.45, 7) is 16.5. The third-order valence-corrected chi connectivity index (χ3v) is 9.75. The van der Waals surface area contributed by atoms with Crippen LogP contribution in [0.2, 0.25) is 0 Å². The lowest BCUT2D eigenvalue weighted by atomic mass is 9.49. The lowest BCUT2D eigenvalue weighted by molar-refractivity contribution is -0.215. The summed E-state index contributed by atoms with van der Waals surface area (Å²) >= 11 is 0. The molecule has 0 bridgehead atoms. The summed E-state index contributed by atoms with van der Waals surface area (Å²) < 4.78 is 24.0. The standard InChI is InChI=1S/C32H50O9/c1-10-12-24(35)40-22-15-32(9)23(38-19(6)33)16-31(8)21(27(32)26(22)17(3)4)14-18(5)28(37)29(39-20(7)34)30(31)41-25(36)13-11-2/h14,17,21-23,26-30,37H,10-13,15-16H2,1-9H3/t21-,22+,23+,26+,27+,28+,29+,30-,31-,32+/m1/s1. The highest BCUT2D eigenvalue weighted by Gasteiger charge is 2.69. The average Bonchev–Trinajstić information content (AvgIpc) is 3.12. The SMILES string of the molecule is CCCC(=O)O[C@H]1C[C@]2(C)[C@H]([C@H]1C(C)C)[C@H]1C=C(C)[C@H](O)[C@H](OC(C)=O)[C@@H](OC(=O)CCC)[C@]1(C)C[C@@H]2OC(C)=O. The van der Waals surface area contributed by atoms with Gasteiger partial charge in [0.15, 0.2) is 6.10 Å². The van der Waals surface area contributed by atoms with Gasteiger partial charge in [0.25, 0.3) is 0 Å². The van der Waals surface area contributed by atoms with E-state index in [0.717, 1.165) is 0 Å². The minimum atomic E-state index is -1.20. The summed E-state index contributed by atoms with van der Waals surface area (Å²) in [5.41, 5.74) is -0.839. The number of esters is 4. The number of allylic oxidation sites excluding steroid dienone is 1. The van der Waals surface area contributed by atoms with E-state index < -0.39 is 59.3 Å². The molecule has 0 saturated heterocycles. The molecule has 3 aliphatic rings. The van der Waals surface area contributed by atoms with Crippen LogP contribution >= 0.6 is 0 Å². The number of hydrogen-bond donors (Lipinski definition) is 1. The van der Waals surface area contributed by atoms with Crippen molar-refractivity contribution in [3.05, 3.63) is 11.6 Å². The van der Waals surface area contributed by atoms with Gasteiger partial charge in [0, 0.05) is 43.4 Å². The Morgan fingerprint density at radius 1 is 0.902 bits per heavy atom. The Labute approximate surface area is 244 Å². The van der Waals surface area contributed by atoms with Crippen molar-refractivity contribution in [1.29, 1.82) is 0 Å². The van der Waals surface area contributed by atoms with Crippen LogP contribution in [0.4, 0.5) is 0 Å². The highest BCUT2D eigenvalue weighted by atomic mass is 16.6. The van der Waals surface area contributed by atoms with Gasteiger partial charge in [-0.15, -0.1) is 0 Å². The number of carbonyl (C=O) groups is 4. The fourth-order valence-electron chi connectivity index (χ4n) is 8.03. The zero-order valence-electron chi connectivity index (χ0n) is 26.2. The third-order valence-electron chi connectivity index (χ3n) is 9.75. The van der Waals surface area contributed by atoms with Crippen molar-refractivity contribution in [1.82, 2.24) is 0 Å². The van der Waals surface area contributed by atoms with Gasteiger partial charge in [0.05, 0.1) is 0 Å². The van der Waals surface area contributed by atoms with Crippen LogP contribution in [-0.4, -0.2) is 59.5 Å².